The lowest BCUT2D eigenvalue weighted by Crippen LogP contribution is -1.97. The van der Waals surface area contributed by atoms with Gasteiger partial charge in [-0.05, 0) is 18.6 Å². The van der Waals surface area contributed by atoms with Crippen molar-refractivity contribution in [1.29, 1.82) is 0 Å². The Bertz CT molecular complexity index is 454. The van der Waals surface area contributed by atoms with Gasteiger partial charge >= 0.3 is 0 Å². The summed E-state index contributed by atoms with van der Waals surface area (Å²) in [5.74, 6) is 0.149. The highest BCUT2D eigenvalue weighted by Gasteiger charge is 2.18. The Morgan fingerprint density at radius 1 is 1.36 bits per heavy atom. The molecule has 6 heteroatoms. The smallest absolute Gasteiger partial charge is 0.264 e. The molecule has 0 aliphatic rings. The number of halogens is 2. The van der Waals surface area contributed by atoms with E-state index in [9.17, 15) is 8.42 Å². The van der Waals surface area contributed by atoms with Crippen LogP contribution in [0.2, 0.25) is 5.02 Å². The molecule has 0 aliphatic carbocycles. The summed E-state index contributed by atoms with van der Waals surface area (Å²) >= 11 is 5.80. The van der Waals surface area contributed by atoms with Gasteiger partial charge in [0.05, 0.1) is 7.11 Å². The van der Waals surface area contributed by atoms with Crippen molar-refractivity contribution in [2.45, 2.75) is 11.8 Å². The first-order chi connectivity index (χ1) is 6.36. The summed E-state index contributed by atoms with van der Waals surface area (Å²) in [5.41, 5.74) is 0.631. The molecule has 0 spiro atoms. The van der Waals surface area contributed by atoms with Gasteiger partial charge in [-0.3, -0.25) is 0 Å². The highest BCUT2D eigenvalue weighted by molar-refractivity contribution is 8.13. The molecule has 1 aromatic rings. The molecule has 0 unspecified atom stereocenters. The van der Waals surface area contributed by atoms with E-state index in [1.54, 1.807) is 6.92 Å². The fourth-order valence-corrected chi connectivity index (χ4v) is 2.20. The molecule has 0 aromatic heterocycles. The molecule has 0 N–H and O–H groups in total. The fourth-order valence-electron chi connectivity index (χ4n) is 0.987. The van der Waals surface area contributed by atoms with Crippen LogP contribution in [0.15, 0.2) is 17.0 Å². The van der Waals surface area contributed by atoms with Gasteiger partial charge in [-0.15, -0.1) is 0 Å². The Kier molecular flexibility index (Phi) is 3.29. The number of methoxy groups -OCH3 is 1. The van der Waals surface area contributed by atoms with Crippen molar-refractivity contribution >= 4 is 31.3 Å². The maximum atomic E-state index is 11.1. The van der Waals surface area contributed by atoms with E-state index < -0.39 is 9.05 Å². The molecule has 1 rings (SSSR count). The summed E-state index contributed by atoms with van der Waals surface area (Å²) in [7, 11) is 2.77. The number of ether oxygens (including phenoxy) is 1. The van der Waals surface area contributed by atoms with Crippen LogP contribution < -0.4 is 4.74 Å². The summed E-state index contributed by atoms with van der Waals surface area (Å²) in [5, 5.41) is 0.436. The maximum Gasteiger partial charge on any atom is 0.264 e. The van der Waals surface area contributed by atoms with Gasteiger partial charge in [0.15, 0.2) is 0 Å². The van der Waals surface area contributed by atoms with Crippen LogP contribution >= 0.6 is 22.3 Å². The quantitative estimate of drug-likeness (QED) is 0.763. The van der Waals surface area contributed by atoms with E-state index in [0.29, 0.717) is 10.6 Å². The summed E-state index contributed by atoms with van der Waals surface area (Å²) in [4.78, 5) is -0.0661. The zero-order valence-corrected chi connectivity index (χ0v) is 9.87. The molecule has 0 amide bonds. The molecule has 0 aliphatic heterocycles. The molecule has 0 atom stereocenters. The number of aryl methyl sites for hydroxylation is 1. The Balaban J connectivity index is 3.51. The van der Waals surface area contributed by atoms with E-state index in [0.717, 1.165) is 0 Å². The number of rotatable bonds is 2. The van der Waals surface area contributed by atoms with Crippen molar-refractivity contribution in [3.8, 4) is 5.75 Å². The Morgan fingerprint density at radius 2 is 1.93 bits per heavy atom. The lowest BCUT2D eigenvalue weighted by atomic mass is 10.2. The van der Waals surface area contributed by atoms with Gasteiger partial charge in [0, 0.05) is 21.8 Å². The molecule has 0 heterocycles. The Morgan fingerprint density at radius 3 is 2.36 bits per heavy atom. The molecule has 0 saturated heterocycles. The van der Waals surface area contributed by atoms with Gasteiger partial charge in [-0.2, -0.15) is 0 Å². The number of hydrogen-bond donors (Lipinski definition) is 0. The lowest BCUT2D eigenvalue weighted by Gasteiger charge is -2.07. The summed E-state index contributed by atoms with van der Waals surface area (Å²) in [6.45, 7) is 1.69. The Hall–Kier alpha value is -0.450. The van der Waals surface area contributed by atoms with Crippen molar-refractivity contribution in [2.75, 3.05) is 7.11 Å². The van der Waals surface area contributed by atoms with Crippen LogP contribution in [0.1, 0.15) is 5.56 Å². The number of hydrogen-bond acceptors (Lipinski definition) is 3. The summed E-state index contributed by atoms with van der Waals surface area (Å²) < 4.78 is 27.1. The van der Waals surface area contributed by atoms with E-state index in [2.05, 4.69) is 0 Å². The highest BCUT2D eigenvalue weighted by atomic mass is 35.7. The average molecular weight is 255 g/mol. The first-order valence-corrected chi connectivity index (χ1v) is 6.34. The van der Waals surface area contributed by atoms with Crippen LogP contribution in [-0.2, 0) is 9.05 Å². The first-order valence-electron chi connectivity index (χ1n) is 3.65. The van der Waals surface area contributed by atoms with Crippen LogP contribution in [0, 0.1) is 6.92 Å². The molecule has 0 radical (unpaired) electrons. The summed E-state index contributed by atoms with van der Waals surface area (Å²) in [6.07, 6.45) is 0. The molecule has 0 bridgehead atoms. The molecule has 0 saturated carbocycles. The second-order valence-corrected chi connectivity index (χ2v) is 5.63. The van der Waals surface area contributed by atoms with Crippen molar-refractivity contribution in [3.63, 3.8) is 0 Å². The van der Waals surface area contributed by atoms with Gasteiger partial charge in [-0.25, -0.2) is 8.42 Å². The van der Waals surface area contributed by atoms with Crippen molar-refractivity contribution in [2.24, 2.45) is 0 Å². The molecular formula is C8H8Cl2O3S. The predicted molar refractivity (Wildman–Crippen MR) is 55.8 cm³/mol. The SMILES string of the molecule is COc1cc(Cl)c(C)cc1S(=O)(=O)Cl. The predicted octanol–water partition coefficient (Wildman–Crippen LogP) is 2.58. The van der Waals surface area contributed by atoms with Crippen molar-refractivity contribution in [1.82, 2.24) is 0 Å². The van der Waals surface area contributed by atoms with E-state index >= 15 is 0 Å². The van der Waals surface area contributed by atoms with Gasteiger partial charge in [0.25, 0.3) is 9.05 Å². The van der Waals surface area contributed by atoms with E-state index in [-0.39, 0.29) is 10.6 Å². The first kappa shape index (κ1) is 11.6. The van der Waals surface area contributed by atoms with E-state index in [1.165, 1.54) is 19.2 Å². The summed E-state index contributed by atoms with van der Waals surface area (Å²) in [6, 6.07) is 2.80. The van der Waals surface area contributed by atoms with Crippen LogP contribution in [0.25, 0.3) is 0 Å². The molecule has 14 heavy (non-hydrogen) atoms. The minimum atomic E-state index is -3.80. The molecule has 3 nitrogen and oxygen atoms in total. The minimum absolute atomic E-state index is 0.0661. The van der Waals surface area contributed by atoms with Crippen molar-refractivity contribution in [3.05, 3.63) is 22.7 Å². The number of benzene rings is 1. The zero-order chi connectivity index (χ0) is 10.9. The van der Waals surface area contributed by atoms with Gasteiger partial charge in [0.1, 0.15) is 10.6 Å². The second-order valence-electron chi connectivity index (χ2n) is 2.69. The Labute approximate surface area is 92.0 Å². The second kappa shape index (κ2) is 3.96. The zero-order valence-electron chi connectivity index (χ0n) is 7.54. The van der Waals surface area contributed by atoms with Gasteiger partial charge in [0.2, 0.25) is 0 Å². The minimum Gasteiger partial charge on any atom is -0.495 e. The standard InChI is InChI=1S/C8H8Cl2O3S/c1-5-3-8(14(10,11)12)7(13-2)4-6(5)9/h3-4H,1-2H3. The third kappa shape index (κ3) is 2.32. The van der Waals surface area contributed by atoms with Crippen LogP contribution in [0.4, 0.5) is 0 Å². The average Bonchev–Trinajstić information content (AvgIpc) is 2.07. The van der Waals surface area contributed by atoms with Crippen LogP contribution in [-0.4, -0.2) is 15.5 Å². The maximum absolute atomic E-state index is 11.1. The third-order valence-corrected chi connectivity index (χ3v) is 3.46. The van der Waals surface area contributed by atoms with E-state index in [4.69, 9.17) is 27.0 Å². The fraction of sp³-hybridized carbons (Fsp3) is 0.250. The topological polar surface area (TPSA) is 43.4 Å². The molecule has 0 fully saturated rings. The monoisotopic (exact) mass is 254 g/mol. The lowest BCUT2D eigenvalue weighted by molar-refractivity contribution is 0.403. The largest absolute Gasteiger partial charge is 0.495 e. The third-order valence-electron chi connectivity index (χ3n) is 1.71. The van der Waals surface area contributed by atoms with Crippen molar-refractivity contribution < 1.29 is 13.2 Å². The molecular weight excluding hydrogens is 247 g/mol. The molecule has 1 aromatic carbocycles. The van der Waals surface area contributed by atoms with E-state index in [1.807, 2.05) is 0 Å². The normalized spacial score (nSPS) is 11.4. The van der Waals surface area contributed by atoms with Gasteiger partial charge < -0.3 is 4.74 Å². The van der Waals surface area contributed by atoms with Crippen LogP contribution in [0.5, 0.6) is 5.75 Å². The molecule has 78 valence electrons. The highest BCUT2D eigenvalue weighted by Crippen LogP contribution is 2.31. The van der Waals surface area contributed by atoms with Gasteiger partial charge in [-0.1, -0.05) is 11.6 Å². The van der Waals surface area contributed by atoms with Crippen LogP contribution in [0.3, 0.4) is 0 Å².